The number of thioether (sulfide) groups is 2. The number of anilines is 2. The lowest BCUT2D eigenvalue weighted by Crippen LogP contribution is -2.51. The van der Waals surface area contributed by atoms with E-state index in [4.69, 9.17) is 9.84 Å². The Bertz CT molecular complexity index is 1560. The van der Waals surface area contributed by atoms with Crippen LogP contribution < -0.4 is 25.0 Å². The zero-order chi connectivity index (χ0) is 37.2. The van der Waals surface area contributed by atoms with Gasteiger partial charge in [-0.05, 0) is 56.2 Å². The highest BCUT2D eigenvalue weighted by Gasteiger charge is 2.38. The molecular formula is C38H52N4O6S3. The van der Waals surface area contributed by atoms with Crippen molar-refractivity contribution in [1.29, 1.82) is 0 Å². The zero-order valence-electron chi connectivity index (χ0n) is 30.2. The zero-order valence-corrected chi connectivity index (χ0v) is 32.6. The Balaban J connectivity index is 0.000000688. The smallest absolute Gasteiger partial charge is 0.321 e. The minimum atomic E-state index is -1.50. The van der Waals surface area contributed by atoms with E-state index in [1.165, 1.54) is 23.5 Å². The summed E-state index contributed by atoms with van der Waals surface area (Å²) < 4.78 is 23.6. The minimum Gasteiger partial charge on any atom is -0.483 e. The molecule has 1 aliphatic rings. The lowest BCUT2D eigenvalue weighted by Gasteiger charge is -2.37. The van der Waals surface area contributed by atoms with Gasteiger partial charge in [-0.1, -0.05) is 88.1 Å². The minimum absolute atomic E-state index is 0.275. The number of carbonyl (C=O) groups excluding carboxylic acids is 2. The lowest BCUT2D eigenvalue weighted by molar-refractivity contribution is -0.138. The molecule has 3 aromatic rings. The van der Waals surface area contributed by atoms with Gasteiger partial charge in [0.2, 0.25) is 0 Å². The Morgan fingerprint density at radius 2 is 1.67 bits per heavy atom. The first-order chi connectivity index (χ1) is 24.6. The number of hydrogen-bond donors (Lipinski definition) is 4. The number of carboxylic acids is 1. The van der Waals surface area contributed by atoms with Gasteiger partial charge >= 0.3 is 5.97 Å². The second kappa shape index (κ2) is 21.9. The predicted molar refractivity (Wildman–Crippen MR) is 211 cm³/mol. The third-order valence-electron chi connectivity index (χ3n) is 8.54. The van der Waals surface area contributed by atoms with Crippen LogP contribution in [-0.4, -0.2) is 77.5 Å². The molecule has 10 nitrogen and oxygen atoms in total. The van der Waals surface area contributed by atoms with Crippen LogP contribution in [0.1, 0.15) is 64.0 Å². The Labute approximate surface area is 313 Å². The van der Waals surface area contributed by atoms with Gasteiger partial charge < -0.3 is 30.2 Å². The molecule has 0 bridgehead atoms. The highest BCUT2D eigenvalue weighted by atomic mass is 32.2. The van der Waals surface area contributed by atoms with E-state index in [0.717, 1.165) is 54.8 Å². The summed E-state index contributed by atoms with van der Waals surface area (Å²) >= 11 is 3.03. The third kappa shape index (κ3) is 12.4. The fourth-order valence-corrected chi connectivity index (χ4v) is 8.28. The molecule has 3 atom stereocenters. The molecule has 1 heterocycles. The van der Waals surface area contributed by atoms with Gasteiger partial charge in [0.25, 0.3) is 5.91 Å². The fourth-order valence-electron chi connectivity index (χ4n) is 5.75. The normalized spacial score (nSPS) is 16.0. The fraction of sp³-hybridized carbons (Fsp3) is 0.447. The summed E-state index contributed by atoms with van der Waals surface area (Å²) in [4.78, 5) is 38.5. The van der Waals surface area contributed by atoms with E-state index in [2.05, 4.69) is 46.2 Å². The van der Waals surface area contributed by atoms with Gasteiger partial charge in [0.05, 0.1) is 15.5 Å². The Hall–Kier alpha value is -3.36. The quantitative estimate of drug-likeness (QED) is 0.0816. The van der Waals surface area contributed by atoms with Gasteiger partial charge in [-0.15, -0.1) is 11.8 Å². The van der Waals surface area contributed by atoms with E-state index >= 15 is 0 Å². The van der Waals surface area contributed by atoms with Gasteiger partial charge in [-0.2, -0.15) is 11.8 Å². The number of carboxylic acid groups (broad SMARTS) is 1. The van der Waals surface area contributed by atoms with E-state index in [0.29, 0.717) is 34.8 Å². The van der Waals surface area contributed by atoms with Crippen molar-refractivity contribution >= 4 is 64.0 Å². The summed E-state index contributed by atoms with van der Waals surface area (Å²) in [6.45, 7) is 4.79. The van der Waals surface area contributed by atoms with Crippen molar-refractivity contribution in [2.75, 3.05) is 43.4 Å². The number of benzene rings is 3. The topological polar surface area (TPSA) is 137 Å². The van der Waals surface area contributed by atoms with Crippen molar-refractivity contribution in [2.24, 2.45) is 0 Å². The highest BCUT2D eigenvalue weighted by molar-refractivity contribution is 7.98. The van der Waals surface area contributed by atoms with Crippen molar-refractivity contribution in [1.82, 2.24) is 15.4 Å². The molecule has 0 spiro atoms. The van der Waals surface area contributed by atoms with Crippen LogP contribution in [0.15, 0.2) is 82.6 Å². The Morgan fingerprint density at radius 1 is 1.04 bits per heavy atom. The molecule has 0 saturated heterocycles. The SMILES string of the molecule is CCCCC1(CCCC)CN(c2ccccc2)c2cc(SC)c(OCC(=O)NC(C=O)c3ccccc3)cc2S(=O)N1.CNC(CSC)C(=O)O. The maximum atomic E-state index is 14.0. The number of aldehydes is 1. The molecule has 51 heavy (non-hydrogen) atoms. The number of likely N-dealkylation sites (N-methyl/N-ethyl adjacent to an activating group) is 1. The van der Waals surface area contributed by atoms with Crippen LogP contribution in [0.5, 0.6) is 5.75 Å². The summed E-state index contributed by atoms with van der Waals surface area (Å²) in [6, 6.07) is 22.0. The summed E-state index contributed by atoms with van der Waals surface area (Å²) in [7, 11) is 0.146. The molecule has 4 rings (SSSR count). The van der Waals surface area contributed by atoms with E-state index in [1.807, 2.05) is 55.0 Å². The molecule has 0 fully saturated rings. The van der Waals surface area contributed by atoms with Crippen LogP contribution in [0.3, 0.4) is 0 Å². The second-order valence-corrected chi connectivity index (χ2v) is 15.2. The highest BCUT2D eigenvalue weighted by Crippen LogP contribution is 2.43. The molecular weight excluding hydrogens is 705 g/mol. The molecule has 4 N–H and O–H groups in total. The maximum absolute atomic E-state index is 14.0. The van der Waals surface area contributed by atoms with Crippen molar-refractivity contribution in [3.8, 4) is 5.75 Å². The molecule has 278 valence electrons. The number of ether oxygens (including phenoxy) is 1. The van der Waals surface area contributed by atoms with E-state index < -0.39 is 34.9 Å². The number of nitrogens with zero attached hydrogens (tertiary/aromatic N) is 1. The van der Waals surface area contributed by atoms with Crippen molar-refractivity contribution in [2.45, 2.75) is 79.8 Å². The molecule has 1 aliphatic heterocycles. The van der Waals surface area contributed by atoms with Crippen LogP contribution in [0.4, 0.5) is 11.4 Å². The molecule has 1 amide bonds. The summed E-state index contributed by atoms with van der Waals surface area (Å²) in [6.07, 6.45) is 10.6. The number of unbranched alkanes of at least 4 members (excludes halogenated alkanes) is 2. The van der Waals surface area contributed by atoms with Crippen LogP contribution in [0.2, 0.25) is 0 Å². The monoisotopic (exact) mass is 756 g/mol. The first-order valence-electron chi connectivity index (χ1n) is 17.2. The van der Waals surface area contributed by atoms with Crippen molar-refractivity contribution < 1.29 is 28.4 Å². The van der Waals surface area contributed by atoms with Gasteiger partial charge in [-0.25, -0.2) is 8.93 Å². The summed E-state index contributed by atoms with van der Waals surface area (Å²) in [5, 5.41) is 13.8. The molecule has 0 aliphatic carbocycles. The average Bonchev–Trinajstić information content (AvgIpc) is 3.27. The average molecular weight is 757 g/mol. The van der Waals surface area contributed by atoms with Crippen LogP contribution in [0, 0.1) is 0 Å². The molecule has 0 radical (unpaired) electrons. The summed E-state index contributed by atoms with van der Waals surface area (Å²) in [5.41, 5.74) is 2.28. The number of nitrogens with one attached hydrogen (secondary N) is 3. The largest absolute Gasteiger partial charge is 0.483 e. The van der Waals surface area contributed by atoms with Crippen LogP contribution >= 0.6 is 23.5 Å². The second-order valence-electron chi connectivity index (χ2n) is 12.3. The maximum Gasteiger partial charge on any atom is 0.321 e. The van der Waals surface area contributed by atoms with Crippen LogP contribution in [0.25, 0.3) is 0 Å². The molecule has 3 aromatic carbocycles. The van der Waals surface area contributed by atoms with Gasteiger partial charge in [0, 0.05) is 29.6 Å². The predicted octanol–water partition coefficient (Wildman–Crippen LogP) is 6.75. The Kier molecular flexibility index (Phi) is 18.0. The van der Waals surface area contributed by atoms with Crippen molar-refractivity contribution in [3.63, 3.8) is 0 Å². The standard InChI is InChI=1S/C33H41N3O4S2.C5H11NO2S/c1-4-6-18-33(19-7-5-2)24-36(26-16-12-9-13-17-26)28-20-30(41-3)29(21-31(28)42(39)35-33)40-23-32(38)34-27(22-37)25-14-10-8-11-15-25;1-6-4(3-9-2)5(7)8/h8-17,20-22,27,35H,4-7,18-19,23-24H2,1-3H3,(H,34,38);4,6H,3H2,1-2H3,(H,7,8). The van der Waals surface area contributed by atoms with E-state index in [9.17, 15) is 18.6 Å². The van der Waals surface area contributed by atoms with Crippen LogP contribution in [-0.2, 0) is 25.4 Å². The first kappa shape index (κ1) is 42.1. The summed E-state index contributed by atoms with van der Waals surface area (Å²) in [5.74, 6) is -0.101. The van der Waals surface area contributed by atoms with Gasteiger partial charge in [0.1, 0.15) is 35.1 Å². The number of aliphatic carboxylic acids is 1. The lowest BCUT2D eigenvalue weighted by atomic mass is 9.87. The molecule has 13 heteroatoms. The molecule has 0 aromatic heterocycles. The number of fused-ring (bicyclic) bond motifs is 1. The number of hydrogen-bond acceptors (Lipinski definition) is 9. The van der Waals surface area contributed by atoms with E-state index in [-0.39, 0.29) is 12.1 Å². The van der Waals surface area contributed by atoms with Gasteiger partial charge in [-0.3, -0.25) is 9.59 Å². The number of para-hydroxylation sites is 1. The first-order valence-corrected chi connectivity index (χ1v) is 21.0. The van der Waals surface area contributed by atoms with Gasteiger partial charge in [0.15, 0.2) is 6.61 Å². The van der Waals surface area contributed by atoms with E-state index in [1.54, 1.807) is 25.2 Å². The number of rotatable bonds is 18. The third-order valence-corrected chi connectivity index (χ3v) is 11.3. The number of carbonyl (C=O) groups is 3. The molecule has 3 unspecified atom stereocenters. The molecule has 0 saturated carbocycles. The van der Waals surface area contributed by atoms with Crippen molar-refractivity contribution in [3.05, 3.63) is 78.4 Å². The Morgan fingerprint density at radius 3 is 2.18 bits per heavy atom. The number of amides is 1.